The molecule has 1 unspecified atom stereocenters. The third kappa shape index (κ3) is 2.83. The number of para-hydroxylation sites is 1. The molecule has 1 atom stereocenters. The predicted octanol–water partition coefficient (Wildman–Crippen LogP) is 2.95. The number of benzene rings is 1. The van der Waals surface area contributed by atoms with Crippen molar-refractivity contribution in [1.82, 2.24) is 0 Å². The number of ether oxygens (including phenoxy) is 2. The molecule has 3 heteroatoms. The average molecular weight is 245 g/mol. The summed E-state index contributed by atoms with van der Waals surface area (Å²) in [6, 6.07) is 10.5. The molecular formula is C15H19NO2. The lowest BCUT2D eigenvalue weighted by Gasteiger charge is -2.32. The summed E-state index contributed by atoms with van der Waals surface area (Å²) in [6.07, 6.45) is 3.68. The highest BCUT2D eigenvalue weighted by Crippen LogP contribution is 2.37. The molecule has 1 aromatic rings. The van der Waals surface area contributed by atoms with Crippen LogP contribution in [0.15, 0.2) is 24.3 Å². The topological polar surface area (TPSA) is 42.2 Å². The Labute approximate surface area is 108 Å². The monoisotopic (exact) mass is 245 g/mol. The van der Waals surface area contributed by atoms with Gasteiger partial charge in [-0.05, 0) is 37.3 Å². The van der Waals surface area contributed by atoms with Gasteiger partial charge in [0.2, 0.25) is 0 Å². The maximum Gasteiger partial charge on any atom is 0.122 e. The fourth-order valence-corrected chi connectivity index (χ4v) is 2.42. The van der Waals surface area contributed by atoms with Gasteiger partial charge in [0, 0.05) is 13.7 Å². The summed E-state index contributed by atoms with van der Waals surface area (Å²) < 4.78 is 10.8. The zero-order valence-electron chi connectivity index (χ0n) is 10.8. The SMILES string of the molecule is COCCCCC1(C#N)COc2ccccc2C1. The molecule has 1 aliphatic rings. The van der Waals surface area contributed by atoms with Crippen molar-refractivity contribution < 1.29 is 9.47 Å². The van der Waals surface area contributed by atoms with E-state index in [0.717, 1.165) is 43.6 Å². The maximum absolute atomic E-state index is 9.46. The second-order valence-corrected chi connectivity index (χ2v) is 4.92. The molecule has 0 amide bonds. The largest absolute Gasteiger partial charge is 0.492 e. The highest BCUT2D eigenvalue weighted by Gasteiger charge is 2.35. The van der Waals surface area contributed by atoms with Gasteiger partial charge in [0.25, 0.3) is 0 Å². The van der Waals surface area contributed by atoms with E-state index in [1.54, 1.807) is 7.11 Å². The lowest BCUT2D eigenvalue weighted by Crippen LogP contribution is -2.33. The fraction of sp³-hybridized carbons (Fsp3) is 0.533. The van der Waals surface area contributed by atoms with Gasteiger partial charge in [-0.3, -0.25) is 0 Å². The number of nitriles is 1. The maximum atomic E-state index is 9.46. The number of rotatable bonds is 5. The van der Waals surface area contributed by atoms with Crippen molar-refractivity contribution in [1.29, 1.82) is 5.26 Å². The van der Waals surface area contributed by atoms with Gasteiger partial charge in [-0.25, -0.2) is 0 Å². The van der Waals surface area contributed by atoms with Crippen molar-refractivity contribution >= 4 is 0 Å². The smallest absolute Gasteiger partial charge is 0.122 e. The fourth-order valence-electron chi connectivity index (χ4n) is 2.42. The van der Waals surface area contributed by atoms with E-state index in [2.05, 4.69) is 12.1 Å². The molecule has 1 aromatic carbocycles. The zero-order valence-corrected chi connectivity index (χ0v) is 10.8. The number of hydrogen-bond donors (Lipinski definition) is 0. The molecule has 96 valence electrons. The molecule has 0 N–H and O–H groups in total. The molecule has 0 aromatic heterocycles. The number of hydrogen-bond acceptors (Lipinski definition) is 3. The normalized spacial score (nSPS) is 21.8. The Kier molecular flexibility index (Phi) is 4.22. The van der Waals surface area contributed by atoms with Crippen molar-refractivity contribution in [3.05, 3.63) is 29.8 Å². The Bertz CT molecular complexity index is 438. The third-order valence-electron chi connectivity index (χ3n) is 3.50. The van der Waals surface area contributed by atoms with Gasteiger partial charge in [-0.1, -0.05) is 18.2 Å². The molecule has 2 rings (SSSR count). The van der Waals surface area contributed by atoms with Crippen LogP contribution in [0.4, 0.5) is 0 Å². The van der Waals surface area contributed by atoms with Crippen LogP contribution in [0.3, 0.4) is 0 Å². The Morgan fingerprint density at radius 3 is 3.00 bits per heavy atom. The Hall–Kier alpha value is -1.53. The van der Waals surface area contributed by atoms with E-state index in [1.807, 2.05) is 18.2 Å². The Balaban J connectivity index is 2.01. The van der Waals surface area contributed by atoms with Gasteiger partial charge < -0.3 is 9.47 Å². The summed E-state index contributed by atoms with van der Waals surface area (Å²) >= 11 is 0. The molecule has 0 spiro atoms. The van der Waals surface area contributed by atoms with E-state index in [1.165, 1.54) is 0 Å². The van der Waals surface area contributed by atoms with Crippen molar-refractivity contribution in [3.8, 4) is 11.8 Å². The van der Waals surface area contributed by atoms with Crippen molar-refractivity contribution in [2.24, 2.45) is 5.41 Å². The van der Waals surface area contributed by atoms with Crippen LogP contribution in [0.1, 0.15) is 24.8 Å². The lowest BCUT2D eigenvalue weighted by molar-refractivity contribution is 0.147. The van der Waals surface area contributed by atoms with Crippen LogP contribution in [0.5, 0.6) is 5.75 Å². The average Bonchev–Trinajstić information content (AvgIpc) is 2.43. The van der Waals surface area contributed by atoms with Crippen molar-refractivity contribution in [2.45, 2.75) is 25.7 Å². The van der Waals surface area contributed by atoms with E-state index >= 15 is 0 Å². The highest BCUT2D eigenvalue weighted by molar-refractivity contribution is 5.37. The van der Waals surface area contributed by atoms with Gasteiger partial charge in [-0.15, -0.1) is 0 Å². The van der Waals surface area contributed by atoms with Crippen molar-refractivity contribution in [3.63, 3.8) is 0 Å². The van der Waals surface area contributed by atoms with Gasteiger partial charge in [-0.2, -0.15) is 5.26 Å². The van der Waals surface area contributed by atoms with Crippen LogP contribution in [0.2, 0.25) is 0 Å². The molecule has 0 saturated carbocycles. The number of fused-ring (bicyclic) bond motifs is 1. The first-order valence-corrected chi connectivity index (χ1v) is 6.40. The van der Waals surface area contributed by atoms with E-state index in [9.17, 15) is 5.26 Å². The highest BCUT2D eigenvalue weighted by atomic mass is 16.5. The van der Waals surface area contributed by atoms with E-state index in [-0.39, 0.29) is 5.41 Å². The first-order valence-electron chi connectivity index (χ1n) is 6.40. The molecule has 18 heavy (non-hydrogen) atoms. The van der Waals surface area contributed by atoms with Crippen LogP contribution in [0.25, 0.3) is 0 Å². The molecular weight excluding hydrogens is 226 g/mol. The predicted molar refractivity (Wildman–Crippen MR) is 69.4 cm³/mol. The zero-order chi connectivity index (χ0) is 12.8. The molecule has 0 radical (unpaired) electrons. The molecule has 0 aliphatic carbocycles. The van der Waals surface area contributed by atoms with E-state index in [4.69, 9.17) is 9.47 Å². The molecule has 0 fully saturated rings. The second-order valence-electron chi connectivity index (χ2n) is 4.92. The molecule has 0 bridgehead atoms. The Morgan fingerprint density at radius 1 is 1.39 bits per heavy atom. The van der Waals surface area contributed by atoms with Crippen LogP contribution in [-0.2, 0) is 11.2 Å². The summed E-state index contributed by atoms with van der Waals surface area (Å²) in [5.74, 6) is 0.931. The minimum absolute atomic E-state index is 0.359. The van der Waals surface area contributed by atoms with Gasteiger partial charge in [0.15, 0.2) is 0 Å². The summed E-state index contributed by atoms with van der Waals surface area (Å²) in [6.45, 7) is 1.27. The molecule has 1 heterocycles. The molecule has 1 aliphatic heterocycles. The standard InChI is InChI=1S/C15H19NO2/c1-17-9-5-4-8-15(11-16)10-13-6-2-3-7-14(13)18-12-15/h2-3,6-7H,4-5,8-10,12H2,1H3. The van der Waals surface area contributed by atoms with Gasteiger partial charge in [0.1, 0.15) is 12.4 Å². The molecule has 0 saturated heterocycles. The first kappa shape index (κ1) is 12.9. The van der Waals surface area contributed by atoms with E-state index in [0.29, 0.717) is 6.61 Å². The van der Waals surface area contributed by atoms with Gasteiger partial charge in [0.05, 0.1) is 11.5 Å². The number of nitrogens with zero attached hydrogens (tertiary/aromatic N) is 1. The van der Waals surface area contributed by atoms with E-state index < -0.39 is 0 Å². The Morgan fingerprint density at radius 2 is 2.22 bits per heavy atom. The first-order chi connectivity index (χ1) is 8.79. The summed E-state index contributed by atoms with van der Waals surface area (Å²) in [5, 5.41) is 9.46. The third-order valence-corrected chi connectivity index (χ3v) is 3.50. The summed E-state index contributed by atoms with van der Waals surface area (Å²) in [7, 11) is 1.71. The van der Waals surface area contributed by atoms with Crippen LogP contribution < -0.4 is 4.74 Å². The summed E-state index contributed by atoms with van der Waals surface area (Å²) in [5.41, 5.74) is 0.791. The lowest BCUT2D eigenvalue weighted by atomic mass is 9.78. The summed E-state index contributed by atoms with van der Waals surface area (Å²) in [4.78, 5) is 0. The van der Waals surface area contributed by atoms with Gasteiger partial charge >= 0.3 is 0 Å². The van der Waals surface area contributed by atoms with Crippen LogP contribution in [-0.4, -0.2) is 20.3 Å². The van der Waals surface area contributed by atoms with Crippen molar-refractivity contribution in [2.75, 3.05) is 20.3 Å². The quantitative estimate of drug-likeness (QED) is 0.749. The van der Waals surface area contributed by atoms with Crippen LogP contribution in [0, 0.1) is 16.7 Å². The number of methoxy groups -OCH3 is 1. The molecule has 3 nitrogen and oxygen atoms in total. The number of unbranched alkanes of at least 4 members (excludes halogenated alkanes) is 1. The minimum atomic E-state index is -0.359. The van der Waals surface area contributed by atoms with Crippen LogP contribution >= 0.6 is 0 Å². The minimum Gasteiger partial charge on any atom is -0.492 e. The second kappa shape index (κ2) is 5.88.